The fourth-order valence-corrected chi connectivity index (χ4v) is 4.33. The number of allylic oxidation sites excluding steroid dienone is 1. The summed E-state index contributed by atoms with van der Waals surface area (Å²) < 4.78 is 0. The second-order valence-electron chi connectivity index (χ2n) is 7.54. The number of benzene rings is 2. The van der Waals surface area contributed by atoms with Gasteiger partial charge in [-0.2, -0.15) is 0 Å². The third-order valence-corrected chi connectivity index (χ3v) is 5.84. The minimum atomic E-state index is 0. The van der Waals surface area contributed by atoms with E-state index in [1.54, 1.807) is 0 Å². The van der Waals surface area contributed by atoms with Gasteiger partial charge in [-0.05, 0) is 64.8 Å². The Morgan fingerprint density at radius 3 is 2.79 bits per heavy atom. The van der Waals surface area contributed by atoms with E-state index in [1.165, 1.54) is 44.5 Å². The molecule has 0 aliphatic heterocycles. The lowest BCUT2D eigenvalue weighted by Gasteiger charge is -2.10. The molecule has 0 saturated heterocycles. The van der Waals surface area contributed by atoms with Crippen LogP contribution in [0.3, 0.4) is 0 Å². The second kappa shape index (κ2) is 6.35. The average Bonchev–Trinajstić information content (AvgIpc) is 3.31. The highest BCUT2D eigenvalue weighted by molar-refractivity contribution is 5.99. The molecular formula is C26H24N2. The first kappa shape index (κ1) is 16.8. The third kappa shape index (κ3) is 2.53. The Balaban J connectivity index is 0.00000205. The Bertz CT molecular complexity index is 1260. The molecule has 5 rings (SSSR count). The molecule has 138 valence electrons. The molecule has 1 aliphatic carbocycles. The Kier molecular flexibility index (Phi) is 3.80. The molecule has 2 nitrogen and oxygen atoms in total. The number of hydrogen-bond donors (Lipinski definition) is 1. The molecule has 0 atom stereocenters. The van der Waals surface area contributed by atoms with E-state index < -0.39 is 0 Å². The van der Waals surface area contributed by atoms with Gasteiger partial charge in [0.05, 0.1) is 0 Å². The van der Waals surface area contributed by atoms with Crippen molar-refractivity contribution >= 4 is 22.7 Å². The average molecular weight is 364 g/mol. The summed E-state index contributed by atoms with van der Waals surface area (Å²) in [6.07, 6.45) is 8.05. The highest BCUT2D eigenvalue weighted by Crippen LogP contribution is 2.41. The van der Waals surface area contributed by atoms with Crippen LogP contribution < -0.4 is 0 Å². The van der Waals surface area contributed by atoms with Gasteiger partial charge >= 0.3 is 0 Å². The van der Waals surface area contributed by atoms with Crippen LogP contribution in [0.5, 0.6) is 0 Å². The largest absolute Gasteiger partial charge is 0.346 e. The minimum absolute atomic E-state index is 0. The zero-order valence-corrected chi connectivity index (χ0v) is 16.0. The van der Waals surface area contributed by atoms with Gasteiger partial charge in [0, 0.05) is 30.3 Å². The summed E-state index contributed by atoms with van der Waals surface area (Å²) in [7, 11) is 0. The van der Waals surface area contributed by atoms with Crippen LogP contribution in [0, 0.1) is 6.92 Å². The van der Waals surface area contributed by atoms with E-state index in [4.69, 9.17) is 4.98 Å². The van der Waals surface area contributed by atoms with Crippen LogP contribution in [0.15, 0.2) is 68.0 Å². The monoisotopic (exact) mass is 364 g/mol. The fourth-order valence-electron chi connectivity index (χ4n) is 4.33. The molecule has 0 unspecified atom stereocenters. The van der Waals surface area contributed by atoms with Crippen LogP contribution in [0.25, 0.3) is 44.9 Å². The molecule has 0 saturated carbocycles. The topological polar surface area (TPSA) is 28.7 Å². The number of nitrogens with one attached hydrogen (secondary N) is 1. The summed E-state index contributed by atoms with van der Waals surface area (Å²) in [4.78, 5) is 8.04. The molecular weight excluding hydrogens is 340 g/mol. The molecule has 2 heterocycles. The molecule has 28 heavy (non-hydrogen) atoms. The maximum atomic E-state index is 4.69. The van der Waals surface area contributed by atoms with Gasteiger partial charge in [0.1, 0.15) is 5.65 Å². The van der Waals surface area contributed by atoms with Gasteiger partial charge < -0.3 is 4.98 Å². The van der Waals surface area contributed by atoms with Crippen LogP contribution in [-0.4, -0.2) is 9.97 Å². The molecule has 2 heteroatoms. The van der Waals surface area contributed by atoms with E-state index in [0.717, 1.165) is 29.4 Å². The number of aryl methyl sites for hydroxylation is 2. The predicted octanol–water partition coefficient (Wildman–Crippen LogP) is 7.05. The van der Waals surface area contributed by atoms with Gasteiger partial charge in [0.2, 0.25) is 0 Å². The van der Waals surface area contributed by atoms with Crippen molar-refractivity contribution in [3.63, 3.8) is 0 Å². The number of rotatable bonds is 3. The zero-order valence-electron chi connectivity index (χ0n) is 16.0. The van der Waals surface area contributed by atoms with Crippen LogP contribution in [-0.2, 0) is 6.42 Å². The Morgan fingerprint density at radius 1 is 1.07 bits per heavy atom. The van der Waals surface area contributed by atoms with Gasteiger partial charge in [-0.1, -0.05) is 55.6 Å². The van der Waals surface area contributed by atoms with Crippen molar-refractivity contribution in [1.29, 1.82) is 0 Å². The Hall–Kier alpha value is -3.39. The van der Waals surface area contributed by atoms with Crippen molar-refractivity contribution in [2.75, 3.05) is 0 Å². The number of H-pyrrole nitrogens is 1. The number of aromatic nitrogens is 2. The van der Waals surface area contributed by atoms with Crippen molar-refractivity contribution in [3.8, 4) is 22.3 Å². The summed E-state index contributed by atoms with van der Waals surface area (Å²) in [6, 6.07) is 15.3. The Morgan fingerprint density at radius 2 is 1.96 bits per heavy atom. The van der Waals surface area contributed by atoms with Gasteiger partial charge in [-0.15, -0.1) is 0 Å². The fraction of sp³-hybridized carbons (Fsp3) is 0.115. The van der Waals surface area contributed by atoms with Crippen molar-refractivity contribution in [1.82, 2.24) is 9.97 Å². The van der Waals surface area contributed by atoms with Crippen LogP contribution >= 0.6 is 0 Å². The van der Waals surface area contributed by atoms with E-state index in [9.17, 15) is 0 Å². The highest BCUT2D eigenvalue weighted by atomic mass is 14.8. The second-order valence-corrected chi connectivity index (χ2v) is 7.54. The van der Waals surface area contributed by atoms with Crippen molar-refractivity contribution < 1.29 is 1.43 Å². The van der Waals surface area contributed by atoms with Gasteiger partial charge in [-0.25, -0.2) is 4.98 Å². The molecule has 2 aromatic carbocycles. The smallest absolute Gasteiger partial charge is 0.137 e. The standard InChI is InChI=1S/C26H22N2.H2/c1-4-18-10-11-20(12-17(18)3)21-13-23-24(15-28-26(23)27-14-21)22-7-5-6-19-9-8-16(2)25(19)22;/h4-7,10-15H,1-2,8-9H2,3H3,(H,27,28);1H. The van der Waals surface area contributed by atoms with Crippen LogP contribution in [0.1, 0.15) is 30.1 Å². The van der Waals surface area contributed by atoms with E-state index in [-0.39, 0.29) is 1.43 Å². The summed E-state index contributed by atoms with van der Waals surface area (Å²) in [5.41, 5.74) is 12.0. The number of hydrogen-bond acceptors (Lipinski definition) is 1. The molecule has 4 aromatic rings. The summed E-state index contributed by atoms with van der Waals surface area (Å²) >= 11 is 0. The number of fused-ring (bicyclic) bond motifs is 2. The molecule has 0 bridgehead atoms. The van der Waals surface area contributed by atoms with Gasteiger partial charge in [0.15, 0.2) is 0 Å². The maximum absolute atomic E-state index is 4.69. The molecule has 0 fully saturated rings. The molecule has 0 amide bonds. The van der Waals surface area contributed by atoms with Gasteiger partial charge in [-0.3, -0.25) is 0 Å². The first-order chi connectivity index (χ1) is 13.7. The summed E-state index contributed by atoms with van der Waals surface area (Å²) in [5.74, 6) is 0. The van der Waals surface area contributed by atoms with E-state index in [0.29, 0.717) is 0 Å². The molecule has 1 N–H and O–H groups in total. The molecule has 0 radical (unpaired) electrons. The third-order valence-electron chi connectivity index (χ3n) is 5.84. The molecule has 2 aromatic heterocycles. The van der Waals surface area contributed by atoms with Crippen LogP contribution in [0.4, 0.5) is 0 Å². The summed E-state index contributed by atoms with van der Waals surface area (Å²) in [6.45, 7) is 10.3. The van der Waals surface area contributed by atoms with Crippen molar-refractivity contribution in [3.05, 3.63) is 90.3 Å². The van der Waals surface area contributed by atoms with E-state index >= 15 is 0 Å². The maximum Gasteiger partial charge on any atom is 0.137 e. The number of nitrogens with zero attached hydrogens (tertiary/aromatic N) is 1. The SMILES string of the molecule is C=Cc1ccc(-c2cnc3[nH]cc(-c4cccc5c4C(=C)CC5)c3c2)cc1C.[HH]. The number of pyridine rings is 1. The lowest BCUT2D eigenvalue weighted by Crippen LogP contribution is -1.88. The lowest BCUT2D eigenvalue weighted by atomic mass is 9.94. The van der Waals surface area contributed by atoms with Crippen LogP contribution in [0.2, 0.25) is 0 Å². The highest BCUT2D eigenvalue weighted by Gasteiger charge is 2.20. The zero-order chi connectivity index (χ0) is 19.3. The Labute approximate surface area is 166 Å². The normalized spacial score (nSPS) is 13.1. The minimum Gasteiger partial charge on any atom is -0.346 e. The molecule has 1 aliphatic rings. The summed E-state index contributed by atoms with van der Waals surface area (Å²) in [5, 5.41) is 1.15. The van der Waals surface area contributed by atoms with E-state index in [1.807, 2.05) is 12.3 Å². The van der Waals surface area contributed by atoms with E-state index in [2.05, 4.69) is 73.7 Å². The first-order valence-corrected chi connectivity index (χ1v) is 9.66. The lowest BCUT2D eigenvalue weighted by molar-refractivity contribution is 1.08. The first-order valence-electron chi connectivity index (χ1n) is 9.66. The molecule has 0 spiro atoms. The number of aromatic amines is 1. The van der Waals surface area contributed by atoms with Crippen molar-refractivity contribution in [2.45, 2.75) is 19.8 Å². The quantitative estimate of drug-likeness (QED) is 0.414. The predicted molar refractivity (Wildman–Crippen MR) is 121 cm³/mol. The van der Waals surface area contributed by atoms with Gasteiger partial charge in [0.25, 0.3) is 0 Å². The van der Waals surface area contributed by atoms with Crippen molar-refractivity contribution in [2.24, 2.45) is 0 Å².